The number of alkyl halides is 6. The van der Waals surface area contributed by atoms with E-state index in [1.165, 1.54) is 0 Å². The summed E-state index contributed by atoms with van der Waals surface area (Å²) in [4.78, 5) is 20.3. The maximum absolute atomic E-state index is 13.4. The summed E-state index contributed by atoms with van der Waals surface area (Å²) in [5, 5.41) is 22.1. The van der Waals surface area contributed by atoms with E-state index in [1.807, 2.05) is 0 Å². The molecule has 7 nitrogen and oxygen atoms in total. The molecule has 0 radical (unpaired) electrons. The summed E-state index contributed by atoms with van der Waals surface area (Å²) < 4.78 is 78.1. The highest BCUT2D eigenvalue weighted by atomic mass is 19.4. The average molecular weight is 409 g/mol. The van der Waals surface area contributed by atoms with Crippen molar-refractivity contribution in [1.29, 1.82) is 0 Å². The van der Waals surface area contributed by atoms with Crippen molar-refractivity contribution in [2.45, 2.75) is 12.4 Å². The lowest BCUT2D eigenvalue weighted by atomic mass is 10.1. The van der Waals surface area contributed by atoms with Crippen LogP contribution in [0.1, 0.15) is 11.1 Å². The van der Waals surface area contributed by atoms with Gasteiger partial charge in [0, 0.05) is 18.8 Å². The topological polar surface area (TPSA) is 89.5 Å². The molecule has 0 amide bonds. The van der Waals surface area contributed by atoms with Crippen LogP contribution in [0.3, 0.4) is 0 Å². The zero-order valence-electron chi connectivity index (χ0n) is 13.7. The SMILES string of the molecule is CN(c1ccc(C(F)(F)F)cc1)c1c([N+](=O)[O-])cc([N+](=O)[O-])cc1C(F)(F)F. The number of hydrogen-bond acceptors (Lipinski definition) is 5. The standard InChI is InChI=1S/C15H9F6N3O4/c1-22(9-4-2-8(3-5-9)14(16,17)18)13-11(15(19,20)21)6-10(23(25)26)7-12(13)24(27)28/h2-7H,1H3. The van der Waals surface area contributed by atoms with Gasteiger partial charge in [0.2, 0.25) is 0 Å². The van der Waals surface area contributed by atoms with E-state index < -0.39 is 50.4 Å². The number of benzene rings is 2. The van der Waals surface area contributed by atoms with Gasteiger partial charge < -0.3 is 4.90 Å². The monoisotopic (exact) mass is 409 g/mol. The Morgan fingerprint density at radius 1 is 0.857 bits per heavy atom. The number of nitro groups is 2. The van der Waals surface area contributed by atoms with Gasteiger partial charge in [0.1, 0.15) is 5.69 Å². The Balaban J connectivity index is 2.71. The summed E-state index contributed by atoms with van der Waals surface area (Å²) in [6, 6.07) is 3.32. The highest BCUT2D eigenvalue weighted by molar-refractivity contribution is 5.78. The van der Waals surface area contributed by atoms with Gasteiger partial charge in [-0.15, -0.1) is 0 Å². The van der Waals surface area contributed by atoms with Gasteiger partial charge in [0.25, 0.3) is 11.4 Å². The fraction of sp³-hybridized carbons (Fsp3) is 0.200. The molecule has 0 aromatic heterocycles. The van der Waals surface area contributed by atoms with E-state index in [0.29, 0.717) is 23.1 Å². The highest BCUT2D eigenvalue weighted by Crippen LogP contribution is 2.46. The van der Waals surface area contributed by atoms with Gasteiger partial charge in [-0.1, -0.05) is 0 Å². The van der Waals surface area contributed by atoms with Crippen LogP contribution in [-0.4, -0.2) is 16.9 Å². The van der Waals surface area contributed by atoms with Crippen LogP contribution >= 0.6 is 0 Å². The molecule has 0 saturated heterocycles. The first-order valence-corrected chi connectivity index (χ1v) is 7.18. The van der Waals surface area contributed by atoms with Crippen molar-refractivity contribution in [1.82, 2.24) is 0 Å². The molecule has 2 aromatic carbocycles. The number of non-ortho nitro benzene ring substituents is 1. The fourth-order valence-corrected chi connectivity index (χ4v) is 2.42. The molecular formula is C15H9F6N3O4. The minimum atomic E-state index is -5.20. The molecule has 0 bridgehead atoms. The van der Waals surface area contributed by atoms with E-state index >= 15 is 0 Å². The number of nitro benzene ring substituents is 2. The van der Waals surface area contributed by atoms with Crippen LogP contribution in [0.2, 0.25) is 0 Å². The zero-order chi connectivity index (χ0) is 21.4. The molecule has 0 unspecified atom stereocenters. The molecule has 0 fully saturated rings. The zero-order valence-corrected chi connectivity index (χ0v) is 13.7. The second-order valence-electron chi connectivity index (χ2n) is 5.48. The molecule has 0 atom stereocenters. The van der Waals surface area contributed by atoms with Gasteiger partial charge in [-0.3, -0.25) is 20.2 Å². The van der Waals surface area contributed by atoms with Crippen LogP contribution in [0.25, 0.3) is 0 Å². The van der Waals surface area contributed by atoms with Crippen LogP contribution in [0.5, 0.6) is 0 Å². The quantitative estimate of drug-likeness (QED) is 0.388. The molecule has 0 aliphatic heterocycles. The van der Waals surface area contributed by atoms with Crippen LogP contribution in [-0.2, 0) is 12.4 Å². The van der Waals surface area contributed by atoms with E-state index in [2.05, 4.69) is 0 Å². The lowest BCUT2D eigenvalue weighted by Gasteiger charge is -2.23. The number of anilines is 2. The molecule has 2 rings (SSSR count). The minimum Gasteiger partial charge on any atom is -0.339 e. The third kappa shape index (κ3) is 4.13. The third-order valence-electron chi connectivity index (χ3n) is 3.70. The molecule has 13 heteroatoms. The molecule has 0 spiro atoms. The second kappa shape index (κ2) is 6.98. The molecule has 0 heterocycles. The number of nitrogens with zero attached hydrogens (tertiary/aromatic N) is 3. The fourth-order valence-electron chi connectivity index (χ4n) is 2.42. The summed E-state index contributed by atoms with van der Waals surface area (Å²) in [6.07, 6.45) is -9.89. The van der Waals surface area contributed by atoms with Crippen molar-refractivity contribution in [2.75, 3.05) is 11.9 Å². The predicted octanol–water partition coefficient (Wildman–Crippen LogP) is 5.31. The van der Waals surface area contributed by atoms with Crippen LogP contribution < -0.4 is 4.90 Å². The maximum atomic E-state index is 13.4. The average Bonchev–Trinajstić information content (AvgIpc) is 2.58. The Morgan fingerprint density at radius 3 is 1.79 bits per heavy atom. The third-order valence-corrected chi connectivity index (χ3v) is 3.70. The van der Waals surface area contributed by atoms with Gasteiger partial charge in [0.05, 0.1) is 27.0 Å². The van der Waals surface area contributed by atoms with Gasteiger partial charge in [0.15, 0.2) is 0 Å². The first-order valence-electron chi connectivity index (χ1n) is 7.18. The number of halogens is 6. The van der Waals surface area contributed by atoms with E-state index in [4.69, 9.17) is 0 Å². The summed E-state index contributed by atoms with van der Waals surface area (Å²) in [7, 11) is 0.964. The van der Waals surface area contributed by atoms with Crippen molar-refractivity contribution >= 4 is 22.7 Å². The van der Waals surface area contributed by atoms with E-state index in [-0.39, 0.29) is 11.8 Å². The summed E-state index contributed by atoms with van der Waals surface area (Å²) in [6.45, 7) is 0. The Labute approximate surface area is 152 Å². The Kier molecular flexibility index (Phi) is 5.21. The predicted molar refractivity (Wildman–Crippen MR) is 84.3 cm³/mol. The smallest absolute Gasteiger partial charge is 0.339 e. The normalized spacial score (nSPS) is 12.0. The van der Waals surface area contributed by atoms with Gasteiger partial charge in [-0.05, 0) is 24.3 Å². The number of rotatable bonds is 4. The van der Waals surface area contributed by atoms with Crippen molar-refractivity contribution in [3.8, 4) is 0 Å². The van der Waals surface area contributed by atoms with Gasteiger partial charge >= 0.3 is 12.4 Å². The first kappa shape index (κ1) is 20.9. The summed E-state index contributed by atoms with van der Waals surface area (Å²) in [5.41, 5.74) is -6.37. The van der Waals surface area contributed by atoms with Crippen LogP contribution in [0.15, 0.2) is 36.4 Å². The molecule has 0 N–H and O–H groups in total. The number of hydrogen-bond donors (Lipinski definition) is 0. The Hall–Kier alpha value is -3.38. The van der Waals surface area contributed by atoms with Crippen molar-refractivity contribution in [3.05, 3.63) is 67.8 Å². The molecule has 150 valence electrons. The molecule has 0 aliphatic rings. The van der Waals surface area contributed by atoms with Crippen molar-refractivity contribution in [3.63, 3.8) is 0 Å². The van der Waals surface area contributed by atoms with E-state index in [1.54, 1.807) is 0 Å². The molecule has 2 aromatic rings. The van der Waals surface area contributed by atoms with Crippen LogP contribution in [0.4, 0.5) is 49.1 Å². The minimum absolute atomic E-state index is 0.128. The highest BCUT2D eigenvalue weighted by Gasteiger charge is 2.41. The van der Waals surface area contributed by atoms with Crippen LogP contribution in [0, 0.1) is 20.2 Å². The van der Waals surface area contributed by atoms with Crippen molar-refractivity contribution in [2.24, 2.45) is 0 Å². The molecule has 0 saturated carbocycles. The molecular weight excluding hydrogens is 400 g/mol. The lowest BCUT2D eigenvalue weighted by molar-refractivity contribution is -0.394. The Morgan fingerprint density at radius 2 is 1.39 bits per heavy atom. The van der Waals surface area contributed by atoms with E-state index in [0.717, 1.165) is 19.2 Å². The summed E-state index contributed by atoms with van der Waals surface area (Å²) >= 11 is 0. The Bertz CT molecular complexity index is 925. The maximum Gasteiger partial charge on any atom is 0.418 e. The van der Waals surface area contributed by atoms with Crippen molar-refractivity contribution < 1.29 is 36.2 Å². The van der Waals surface area contributed by atoms with Gasteiger partial charge in [-0.2, -0.15) is 26.3 Å². The molecule has 28 heavy (non-hydrogen) atoms. The summed E-state index contributed by atoms with van der Waals surface area (Å²) in [5.74, 6) is 0. The van der Waals surface area contributed by atoms with E-state index in [9.17, 15) is 46.6 Å². The first-order chi connectivity index (χ1) is 12.7. The van der Waals surface area contributed by atoms with Gasteiger partial charge in [-0.25, -0.2) is 0 Å². The second-order valence-corrected chi connectivity index (χ2v) is 5.48. The largest absolute Gasteiger partial charge is 0.418 e. The molecule has 0 aliphatic carbocycles. The lowest BCUT2D eigenvalue weighted by Crippen LogP contribution is -2.19.